The summed E-state index contributed by atoms with van der Waals surface area (Å²) < 4.78 is 5.21. The lowest BCUT2D eigenvalue weighted by molar-refractivity contribution is -0.156. The Morgan fingerprint density at radius 3 is 2.68 bits per heavy atom. The molecule has 0 saturated carbocycles. The molecule has 0 aromatic heterocycles. The predicted octanol–water partition coefficient (Wildman–Crippen LogP) is 2.86. The highest BCUT2D eigenvalue weighted by atomic mass is 35.5. The lowest BCUT2D eigenvalue weighted by Crippen LogP contribution is -2.43. The highest BCUT2D eigenvalue weighted by molar-refractivity contribution is 6.30. The van der Waals surface area contributed by atoms with Crippen LogP contribution in [0.1, 0.15) is 36.5 Å². The van der Waals surface area contributed by atoms with Gasteiger partial charge >= 0.3 is 5.97 Å². The predicted molar refractivity (Wildman–Crippen MR) is 71.9 cm³/mol. The maximum absolute atomic E-state index is 12.4. The summed E-state index contributed by atoms with van der Waals surface area (Å²) in [5.41, 5.74) is 0.549. The maximum Gasteiger partial charge on any atom is 0.307 e. The number of nitrogens with zero attached hydrogens (tertiary/aromatic N) is 1. The van der Waals surface area contributed by atoms with Gasteiger partial charge in [0.2, 0.25) is 0 Å². The molecule has 0 N–H and O–H groups in total. The third-order valence-electron chi connectivity index (χ3n) is 3.12. The van der Waals surface area contributed by atoms with Gasteiger partial charge in [-0.25, -0.2) is 0 Å². The molecule has 4 nitrogen and oxygen atoms in total. The molecule has 1 aliphatic heterocycles. The summed E-state index contributed by atoms with van der Waals surface area (Å²) in [5, 5.41) is 0.587. The Kier molecular flexibility index (Phi) is 4.43. The second-order valence-electron chi connectivity index (χ2n) is 4.55. The van der Waals surface area contributed by atoms with E-state index >= 15 is 0 Å². The number of ether oxygens (including phenoxy) is 1. The van der Waals surface area contributed by atoms with Crippen molar-refractivity contribution >= 4 is 23.5 Å². The summed E-state index contributed by atoms with van der Waals surface area (Å²) in [6, 6.07) is 6.71. The zero-order chi connectivity index (χ0) is 13.8. The number of rotatable bonds is 1. The van der Waals surface area contributed by atoms with Gasteiger partial charge in [0.1, 0.15) is 0 Å². The van der Waals surface area contributed by atoms with Gasteiger partial charge in [0.05, 0.1) is 0 Å². The number of halogens is 1. The molecule has 1 fully saturated rings. The Balaban J connectivity index is 2.15. The van der Waals surface area contributed by atoms with Crippen LogP contribution in [0.2, 0.25) is 5.02 Å². The van der Waals surface area contributed by atoms with E-state index in [0.29, 0.717) is 23.6 Å². The van der Waals surface area contributed by atoms with E-state index in [9.17, 15) is 9.59 Å². The lowest BCUT2D eigenvalue weighted by Gasteiger charge is -2.30. The van der Waals surface area contributed by atoms with E-state index < -0.39 is 6.23 Å². The average Bonchev–Trinajstić information content (AvgIpc) is 2.36. The minimum atomic E-state index is -0.532. The fourth-order valence-electron chi connectivity index (χ4n) is 2.07. The zero-order valence-electron chi connectivity index (χ0n) is 10.8. The van der Waals surface area contributed by atoms with Gasteiger partial charge in [0, 0.05) is 23.6 Å². The Morgan fingerprint density at radius 1 is 1.32 bits per heavy atom. The van der Waals surface area contributed by atoms with E-state index in [4.69, 9.17) is 16.3 Å². The van der Waals surface area contributed by atoms with Gasteiger partial charge < -0.3 is 9.64 Å². The number of hydrogen-bond acceptors (Lipinski definition) is 3. The molecule has 0 radical (unpaired) electrons. The van der Waals surface area contributed by atoms with Gasteiger partial charge in [-0.3, -0.25) is 9.59 Å². The van der Waals surface area contributed by atoms with E-state index in [1.54, 1.807) is 36.1 Å². The van der Waals surface area contributed by atoms with Gasteiger partial charge in [0.25, 0.3) is 5.91 Å². The summed E-state index contributed by atoms with van der Waals surface area (Å²) >= 11 is 5.80. The van der Waals surface area contributed by atoms with Crippen LogP contribution in [0.15, 0.2) is 24.3 Å². The third kappa shape index (κ3) is 3.47. The monoisotopic (exact) mass is 281 g/mol. The molecule has 1 amide bonds. The number of cyclic esters (lactones) is 1. The van der Waals surface area contributed by atoms with Crippen molar-refractivity contribution in [1.82, 2.24) is 4.90 Å². The van der Waals surface area contributed by atoms with Crippen molar-refractivity contribution in [2.75, 3.05) is 6.54 Å². The second kappa shape index (κ2) is 6.06. The molecule has 1 aromatic rings. The lowest BCUT2D eigenvalue weighted by atomic mass is 10.1. The van der Waals surface area contributed by atoms with Crippen molar-refractivity contribution in [1.29, 1.82) is 0 Å². The summed E-state index contributed by atoms with van der Waals surface area (Å²) in [5.74, 6) is -0.389. The summed E-state index contributed by atoms with van der Waals surface area (Å²) in [6.07, 6.45) is 1.44. The van der Waals surface area contributed by atoms with Gasteiger partial charge in [-0.1, -0.05) is 11.6 Å². The SMILES string of the molecule is CC1OC(=O)CCCCN1C(=O)c1ccc(Cl)cc1. The van der Waals surface area contributed by atoms with Crippen LogP contribution in [0.25, 0.3) is 0 Å². The van der Waals surface area contributed by atoms with Crippen LogP contribution in [0.5, 0.6) is 0 Å². The smallest absolute Gasteiger partial charge is 0.307 e. The first kappa shape index (κ1) is 13.9. The molecule has 0 aliphatic carbocycles. The van der Waals surface area contributed by atoms with Crippen molar-refractivity contribution in [2.24, 2.45) is 0 Å². The highest BCUT2D eigenvalue weighted by Crippen LogP contribution is 2.17. The van der Waals surface area contributed by atoms with Crippen LogP contribution in [-0.4, -0.2) is 29.5 Å². The molecule has 0 spiro atoms. The van der Waals surface area contributed by atoms with Gasteiger partial charge in [-0.2, -0.15) is 0 Å². The zero-order valence-corrected chi connectivity index (χ0v) is 11.5. The minimum absolute atomic E-state index is 0.140. The van der Waals surface area contributed by atoms with Crippen LogP contribution in [-0.2, 0) is 9.53 Å². The number of amides is 1. The van der Waals surface area contributed by atoms with Crippen molar-refractivity contribution < 1.29 is 14.3 Å². The summed E-state index contributed by atoms with van der Waals surface area (Å²) in [7, 11) is 0. The standard InChI is InChI=1S/C14H16ClNO3/c1-10-16(9-3-2-4-13(17)19-10)14(18)11-5-7-12(15)8-6-11/h5-8,10H,2-4,9H2,1H3. The van der Waals surface area contributed by atoms with E-state index in [1.165, 1.54) is 0 Å². The molecule has 1 unspecified atom stereocenters. The summed E-state index contributed by atoms with van der Waals surface area (Å²) in [4.78, 5) is 25.4. The molecule has 1 heterocycles. The number of carbonyl (C=O) groups is 2. The molecule has 0 bridgehead atoms. The fourth-order valence-corrected chi connectivity index (χ4v) is 2.20. The highest BCUT2D eigenvalue weighted by Gasteiger charge is 2.25. The molecule has 2 rings (SSSR count). The Morgan fingerprint density at radius 2 is 2.00 bits per heavy atom. The van der Waals surface area contributed by atoms with Crippen LogP contribution in [0, 0.1) is 0 Å². The third-order valence-corrected chi connectivity index (χ3v) is 3.37. The summed E-state index contributed by atoms with van der Waals surface area (Å²) in [6.45, 7) is 2.31. The van der Waals surface area contributed by atoms with Crippen LogP contribution in [0.4, 0.5) is 0 Å². The first-order chi connectivity index (χ1) is 9.08. The first-order valence-corrected chi connectivity index (χ1v) is 6.72. The molecule has 5 heteroatoms. The van der Waals surface area contributed by atoms with Crippen molar-refractivity contribution in [3.05, 3.63) is 34.9 Å². The molecular weight excluding hydrogens is 266 g/mol. The Hall–Kier alpha value is -1.55. The molecule has 1 saturated heterocycles. The Bertz CT molecular complexity index is 472. The van der Waals surface area contributed by atoms with Crippen LogP contribution < -0.4 is 0 Å². The van der Waals surface area contributed by atoms with Crippen LogP contribution >= 0.6 is 11.6 Å². The van der Waals surface area contributed by atoms with Crippen LogP contribution in [0.3, 0.4) is 0 Å². The van der Waals surface area contributed by atoms with E-state index in [0.717, 1.165) is 12.8 Å². The van der Waals surface area contributed by atoms with E-state index in [1.807, 2.05) is 0 Å². The van der Waals surface area contributed by atoms with Gasteiger partial charge in [0.15, 0.2) is 6.23 Å². The molecule has 1 aliphatic rings. The van der Waals surface area contributed by atoms with Crippen molar-refractivity contribution in [3.63, 3.8) is 0 Å². The minimum Gasteiger partial charge on any atom is -0.442 e. The normalized spacial score (nSPS) is 20.4. The fraction of sp³-hybridized carbons (Fsp3) is 0.429. The first-order valence-electron chi connectivity index (χ1n) is 6.34. The van der Waals surface area contributed by atoms with Gasteiger partial charge in [-0.15, -0.1) is 0 Å². The number of esters is 1. The van der Waals surface area contributed by atoms with Gasteiger partial charge in [-0.05, 0) is 44.0 Å². The molecule has 102 valence electrons. The number of benzene rings is 1. The molecule has 19 heavy (non-hydrogen) atoms. The molecule has 1 atom stereocenters. The second-order valence-corrected chi connectivity index (χ2v) is 4.99. The largest absolute Gasteiger partial charge is 0.442 e. The molecular formula is C14H16ClNO3. The van der Waals surface area contributed by atoms with Crippen molar-refractivity contribution in [2.45, 2.75) is 32.4 Å². The number of hydrogen-bond donors (Lipinski definition) is 0. The number of carbonyl (C=O) groups excluding carboxylic acids is 2. The average molecular weight is 282 g/mol. The van der Waals surface area contributed by atoms with E-state index in [-0.39, 0.29) is 11.9 Å². The van der Waals surface area contributed by atoms with E-state index in [2.05, 4.69) is 0 Å². The quantitative estimate of drug-likeness (QED) is 0.744. The van der Waals surface area contributed by atoms with Crippen molar-refractivity contribution in [3.8, 4) is 0 Å². The Labute approximate surface area is 117 Å². The maximum atomic E-state index is 12.4. The topological polar surface area (TPSA) is 46.6 Å². The molecule has 1 aromatic carbocycles.